The van der Waals surface area contributed by atoms with Crippen LogP contribution in [0, 0.1) is 17.0 Å². The average molecular weight is 290 g/mol. The Morgan fingerprint density at radius 2 is 2.19 bits per heavy atom. The van der Waals surface area contributed by atoms with Crippen molar-refractivity contribution in [2.45, 2.75) is 52.1 Å². The zero-order valence-electron chi connectivity index (χ0n) is 12.7. The molecular formula is C16H22N2O3. The van der Waals surface area contributed by atoms with Gasteiger partial charge in [0, 0.05) is 30.6 Å². The second-order valence-electron chi connectivity index (χ2n) is 5.84. The molecule has 0 saturated carbocycles. The molecule has 1 fully saturated rings. The minimum Gasteiger partial charge on any atom is -0.300 e. The van der Waals surface area contributed by atoms with E-state index in [0.29, 0.717) is 13.0 Å². The third kappa shape index (κ3) is 3.88. The van der Waals surface area contributed by atoms with Gasteiger partial charge in [-0.3, -0.25) is 19.8 Å². The number of nitro benzene ring substituents is 1. The van der Waals surface area contributed by atoms with Crippen LogP contribution in [-0.2, 0) is 11.3 Å². The van der Waals surface area contributed by atoms with Crippen LogP contribution in [0.15, 0.2) is 18.2 Å². The summed E-state index contributed by atoms with van der Waals surface area (Å²) in [6.45, 7) is 5.08. The summed E-state index contributed by atoms with van der Waals surface area (Å²) in [6.07, 6.45) is 3.90. The maximum atomic E-state index is 11.4. The zero-order chi connectivity index (χ0) is 15.4. The van der Waals surface area contributed by atoms with E-state index in [9.17, 15) is 14.9 Å². The van der Waals surface area contributed by atoms with Gasteiger partial charge in [-0.25, -0.2) is 0 Å². The summed E-state index contributed by atoms with van der Waals surface area (Å²) in [5.74, 6) is 0.211. The fourth-order valence-electron chi connectivity index (χ4n) is 3.09. The molecule has 0 aromatic heterocycles. The van der Waals surface area contributed by atoms with Gasteiger partial charge in [0.25, 0.3) is 5.69 Å². The standard InChI is InChI=1S/C16H22N2O3/c1-12(19)10-15-7-3-4-9-17(15)11-14-6-5-8-16(13(14)2)18(20)21/h5-6,8,15H,3-4,7,9-11H2,1-2H3. The minimum absolute atomic E-state index is 0.174. The molecule has 2 rings (SSSR count). The van der Waals surface area contributed by atoms with Crippen molar-refractivity contribution in [3.05, 3.63) is 39.4 Å². The number of hydrogen-bond donors (Lipinski definition) is 0. The van der Waals surface area contributed by atoms with Gasteiger partial charge in [0.2, 0.25) is 0 Å². The molecule has 0 N–H and O–H groups in total. The minimum atomic E-state index is -0.331. The monoisotopic (exact) mass is 290 g/mol. The van der Waals surface area contributed by atoms with Crippen molar-refractivity contribution in [1.82, 2.24) is 4.90 Å². The lowest BCUT2D eigenvalue weighted by Crippen LogP contribution is -2.40. The highest BCUT2D eigenvalue weighted by molar-refractivity contribution is 5.76. The molecule has 0 aliphatic carbocycles. The van der Waals surface area contributed by atoms with E-state index >= 15 is 0 Å². The second-order valence-corrected chi connectivity index (χ2v) is 5.84. The highest BCUT2D eigenvalue weighted by atomic mass is 16.6. The molecule has 1 aliphatic heterocycles. The summed E-state index contributed by atoms with van der Waals surface area (Å²) in [5.41, 5.74) is 1.89. The predicted octanol–water partition coefficient (Wildman–Crippen LogP) is 3.24. The quantitative estimate of drug-likeness (QED) is 0.617. The van der Waals surface area contributed by atoms with Crippen LogP contribution in [0.2, 0.25) is 0 Å². The van der Waals surface area contributed by atoms with E-state index < -0.39 is 0 Å². The number of benzene rings is 1. The molecule has 1 aromatic rings. The number of rotatable bonds is 5. The Balaban J connectivity index is 2.17. The molecule has 1 unspecified atom stereocenters. The number of nitrogens with zero attached hydrogens (tertiary/aromatic N) is 2. The van der Waals surface area contributed by atoms with Crippen molar-refractivity contribution in [3.63, 3.8) is 0 Å². The number of carbonyl (C=O) groups is 1. The molecular weight excluding hydrogens is 268 g/mol. The zero-order valence-corrected chi connectivity index (χ0v) is 12.7. The van der Waals surface area contributed by atoms with E-state index in [1.54, 1.807) is 26.0 Å². The molecule has 5 nitrogen and oxygen atoms in total. The maximum Gasteiger partial charge on any atom is 0.272 e. The average Bonchev–Trinajstić information content (AvgIpc) is 2.42. The van der Waals surface area contributed by atoms with Crippen molar-refractivity contribution < 1.29 is 9.72 Å². The molecule has 0 radical (unpaired) electrons. The highest BCUT2D eigenvalue weighted by Gasteiger charge is 2.25. The van der Waals surface area contributed by atoms with Crippen molar-refractivity contribution in [3.8, 4) is 0 Å². The first kappa shape index (κ1) is 15.6. The molecule has 0 amide bonds. The first-order valence-electron chi connectivity index (χ1n) is 7.45. The molecule has 1 aromatic carbocycles. The second kappa shape index (κ2) is 6.80. The van der Waals surface area contributed by atoms with E-state index in [-0.39, 0.29) is 22.4 Å². The Morgan fingerprint density at radius 3 is 2.86 bits per heavy atom. The van der Waals surface area contributed by atoms with Crippen LogP contribution in [0.25, 0.3) is 0 Å². The normalized spacial score (nSPS) is 19.4. The Bertz CT molecular complexity index is 542. The van der Waals surface area contributed by atoms with Gasteiger partial charge < -0.3 is 0 Å². The lowest BCUT2D eigenvalue weighted by molar-refractivity contribution is -0.385. The van der Waals surface area contributed by atoms with Gasteiger partial charge in [-0.2, -0.15) is 0 Å². The number of Topliss-reactive ketones (excluding diaryl/α,β-unsaturated/α-hetero) is 1. The van der Waals surface area contributed by atoms with Crippen LogP contribution in [0.3, 0.4) is 0 Å². The molecule has 0 spiro atoms. The van der Waals surface area contributed by atoms with Gasteiger partial charge in [0.15, 0.2) is 0 Å². The van der Waals surface area contributed by atoms with Gasteiger partial charge in [0.05, 0.1) is 4.92 Å². The van der Waals surface area contributed by atoms with Crippen LogP contribution >= 0.6 is 0 Å². The van der Waals surface area contributed by atoms with Crippen LogP contribution in [0.1, 0.15) is 43.7 Å². The summed E-state index contributed by atoms with van der Waals surface area (Å²) in [5, 5.41) is 11.0. The molecule has 1 atom stereocenters. The van der Waals surface area contributed by atoms with E-state index in [1.807, 2.05) is 6.07 Å². The van der Waals surface area contributed by atoms with Gasteiger partial charge in [-0.15, -0.1) is 0 Å². The summed E-state index contributed by atoms with van der Waals surface area (Å²) >= 11 is 0. The SMILES string of the molecule is CC(=O)CC1CCCCN1Cc1cccc([N+](=O)[O-])c1C. The van der Waals surface area contributed by atoms with Crippen molar-refractivity contribution in [2.75, 3.05) is 6.54 Å². The summed E-state index contributed by atoms with van der Waals surface area (Å²) in [6, 6.07) is 5.50. The molecule has 1 saturated heterocycles. The number of hydrogen-bond acceptors (Lipinski definition) is 4. The first-order chi connectivity index (χ1) is 9.99. The lowest BCUT2D eigenvalue weighted by Gasteiger charge is -2.35. The molecule has 1 heterocycles. The predicted molar refractivity (Wildman–Crippen MR) is 81.2 cm³/mol. The van der Waals surface area contributed by atoms with Crippen LogP contribution in [0.4, 0.5) is 5.69 Å². The molecule has 21 heavy (non-hydrogen) atoms. The van der Waals surface area contributed by atoms with E-state index in [2.05, 4.69) is 4.90 Å². The van der Waals surface area contributed by atoms with Crippen molar-refractivity contribution in [2.24, 2.45) is 0 Å². The van der Waals surface area contributed by atoms with Crippen molar-refractivity contribution in [1.29, 1.82) is 0 Å². The summed E-state index contributed by atoms with van der Waals surface area (Å²) in [7, 11) is 0. The third-order valence-electron chi connectivity index (χ3n) is 4.26. The third-order valence-corrected chi connectivity index (χ3v) is 4.26. The summed E-state index contributed by atoms with van der Waals surface area (Å²) < 4.78 is 0. The van der Waals surface area contributed by atoms with Gasteiger partial charge in [-0.05, 0) is 38.8 Å². The Kier molecular flexibility index (Phi) is 5.07. The molecule has 114 valence electrons. The lowest BCUT2D eigenvalue weighted by atomic mass is 9.96. The first-order valence-corrected chi connectivity index (χ1v) is 7.45. The topological polar surface area (TPSA) is 63.5 Å². The smallest absolute Gasteiger partial charge is 0.272 e. The van der Waals surface area contributed by atoms with Crippen LogP contribution in [-0.4, -0.2) is 28.2 Å². The van der Waals surface area contributed by atoms with E-state index in [4.69, 9.17) is 0 Å². The van der Waals surface area contributed by atoms with Gasteiger partial charge in [0.1, 0.15) is 5.78 Å². The number of piperidine rings is 1. The van der Waals surface area contributed by atoms with Gasteiger partial charge >= 0.3 is 0 Å². The van der Waals surface area contributed by atoms with Crippen LogP contribution < -0.4 is 0 Å². The number of nitro groups is 1. The van der Waals surface area contributed by atoms with Crippen LogP contribution in [0.5, 0.6) is 0 Å². The number of likely N-dealkylation sites (tertiary alicyclic amines) is 1. The van der Waals surface area contributed by atoms with Crippen molar-refractivity contribution >= 4 is 11.5 Å². The molecule has 1 aliphatic rings. The largest absolute Gasteiger partial charge is 0.300 e. The highest BCUT2D eigenvalue weighted by Crippen LogP contribution is 2.26. The molecule has 0 bridgehead atoms. The Morgan fingerprint density at radius 1 is 1.43 bits per heavy atom. The van der Waals surface area contributed by atoms with Gasteiger partial charge in [-0.1, -0.05) is 18.6 Å². The number of carbonyl (C=O) groups excluding carboxylic acids is 1. The maximum absolute atomic E-state index is 11.4. The Labute approximate surface area is 125 Å². The van der Waals surface area contributed by atoms with E-state index in [1.165, 1.54) is 0 Å². The fraction of sp³-hybridized carbons (Fsp3) is 0.562. The summed E-state index contributed by atoms with van der Waals surface area (Å²) in [4.78, 5) is 24.4. The van der Waals surface area contributed by atoms with E-state index in [0.717, 1.165) is 36.9 Å². The number of ketones is 1. The fourth-order valence-corrected chi connectivity index (χ4v) is 3.09. The Hall–Kier alpha value is -1.75. The molecule has 5 heteroatoms.